The first-order valence-corrected chi connectivity index (χ1v) is 4.16. The second-order valence-corrected chi connectivity index (χ2v) is 3.57. The van der Waals surface area contributed by atoms with Gasteiger partial charge in [0.05, 0.1) is 13.2 Å². The standard InChI is InChI=1S/C8H15NO3/c1-8(12,6-10)5-9-4-2-3-7(9)11/h10,12H,2-6H2,1H3. The number of carbonyl (C=O) groups is 1. The number of aliphatic hydroxyl groups is 2. The third-order valence-corrected chi connectivity index (χ3v) is 2.04. The van der Waals surface area contributed by atoms with E-state index < -0.39 is 5.60 Å². The Bertz CT molecular complexity index is 179. The highest BCUT2D eigenvalue weighted by molar-refractivity contribution is 5.78. The van der Waals surface area contributed by atoms with Gasteiger partial charge in [-0.15, -0.1) is 0 Å². The van der Waals surface area contributed by atoms with Gasteiger partial charge in [-0.05, 0) is 13.3 Å². The Hall–Kier alpha value is -0.610. The molecule has 1 amide bonds. The molecule has 2 N–H and O–H groups in total. The summed E-state index contributed by atoms with van der Waals surface area (Å²) in [5.41, 5.74) is -1.15. The molecule has 1 aliphatic rings. The van der Waals surface area contributed by atoms with Crippen LogP contribution in [0, 0.1) is 0 Å². The summed E-state index contributed by atoms with van der Waals surface area (Å²) in [7, 11) is 0. The van der Waals surface area contributed by atoms with E-state index in [2.05, 4.69) is 0 Å². The van der Waals surface area contributed by atoms with E-state index in [1.54, 1.807) is 4.90 Å². The summed E-state index contributed by atoms with van der Waals surface area (Å²) < 4.78 is 0. The number of nitrogens with zero attached hydrogens (tertiary/aromatic N) is 1. The summed E-state index contributed by atoms with van der Waals surface area (Å²) in [4.78, 5) is 12.7. The smallest absolute Gasteiger partial charge is 0.222 e. The Labute approximate surface area is 71.8 Å². The molecule has 0 saturated carbocycles. The molecule has 0 aromatic carbocycles. The maximum atomic E-state index is 11.1. The molecule has 0 bridgehead atoms. The van der Waals surface area contributed by atoms with Crippen molar-refractivity contribution < 1.29 is 15.0 Å². The molecule has 1 fully saturated rings. The monoisotopic (exact) mass is 173 g/mol. The van der Waals surface area contributed by atoms with Gasteiger partial charge < -0.3 is 15.1 Å². The van der Waals surface area contributed by atoms with Crippen LogP contribution in [0.25, 0.3) is 0 Å². The number of rotatable bonds is 3. The molecule has 1 rings (SSSR count). The molecule has 4 heteroatoms. The van der Waals surface area contributed by atoms with Crippen LogP contribution in [0.5, 0.6) is 0 Å². The molecular weight excluding hydrogens is 158 g/mol. The predicted molar refractivity (Wildman–Crippen MR) is 43.5 cm³/mol. The topological polar surface area (TPSA) is 60.8 Å². The van der Waals surface area contributed by atoms with Gasteiger partial charge in [0.25, 0.3) is 0 Å². The first-order valence-electron chi connectivity index (χ1n) is 4.16. The highest BCUT2D eigenvalue weighted by Crippen LogP contribution is 2.13. The Balaban J connectivity index is 2.45. The van der Waals surface area contributed by atoms with Crippen molar-refractivity contribution >= 4 is 5.91 Å². The Morgan fingerprint density at radius 2 is 2.33 bits per heavy atom. The lowest BCUT2D eigenvalue weighted by atomic mass is 10.1. The Morgan fingerprint density at radius 3 is 2.75 bits per heavy atom. The summed E-state index contributed by atoms with van der Waals surface area (Å²) in [6.07, 6.45) is 1.43. The fourth-order valence-corrected chi connectivity index (χ4v) is 1.33. The van der Waals surface area contributed by atoms with Crippen molar-refractivity contribution in [2.24, 2.45) is 0 Å². The molecule has 12 heavy (non-hydrogen) atoms. The van der Waals surface area contributed by atoms with E-state index in [0.717, 1.165) is 6.42 Å². The van der Waals surface area contributed by atoms with Gasteiger partial charge >= 0.3 is 0 Å². The van der Waals surface area contributed by atoms with Gasteiger partial charge in [0.15, 0.2) is 0 Å². The van der Waals surface area contributed by atoms with Gasteiger partial charge in [-0.3, -0.25) is 4.79 Å². The second-order valence-electron chi connectivity index (χ2n) is 3.57. The molecule has 1 aliphatic heterocycles. The number of hydrogen-bond acceptors (Lipinski definition) is 3. The SMILES string of the molecule is CC(O)(CO)CN1CCCC1=O. The number of aliphatic hydroxyl groups excluding tert-OH is 1. The van der Waals surface area contributed by atoms with Gasteiger partial charge in [0.2, 0.25) is 5.91 Å². The average molecular weight is 173 g/mol. The normalized spacial score (nSPS) is 22.9. The van der Waals surface area contributed by atoms with Crippen LogP contribution < -0.4 is 0 Å². The van der Waals surface area contributed by atoms with E-state index >= 15 is 0 Å². The highest BCUT2D eigenvalue weighted by atomic mass is 16.3. The molecule has 0 radical (unpaired) electrons. The van der Waals surface area contributed by atoms with Crippen LogP contribution in [0.2, 0.25) is 0 Å². The third kappa shape index (κ3) is 2.19. The van der Waals surface area contributed by atoms with E-state index in [1.165, 1.54) is 6.92 Å². The van der Waals surface area contributed by atoms with E-state index in [0.29, 0.717) is 13.0 Å². The zero-order valence-electron chi connectivity index (χ0n) is 7.29. The molecule has 4 nitrogen and oxygen atoms in total. The fourth-order valence-electron chi connectivity index (χ4n) is 1.33. The highest BCUT2D eigenvalue weighted by Gasteiger charge is 2.28. The molecule has 1 atom stereocenters. The van der Waals surface area contributed by atoms with Crippen LogP contribution in [0.15, 0.2) is 0 Å². The third-order valence-electron chi connectivity index (χ3n) is 2.04. The summed E-state index contributed by atoms with van der Waals surface area (Å²) in [6.45, 7) is 2.16. The molecule has 0 spiro atoms. The average Bonchev–Trinajstić information content (AvgIpc) is 2.36. The molecular formula is C8H15NO3. The lowest BCUT2D eigenvalue weighted by Crippen LogP contribution is -2.43. The quantitative estimate of drug-likeness (QED) is 0.596. The van der Waals surface area contributed by atoms with Gasteiger partial charge in [0.1, 0.15) is 5.60 Å². The van der Waals surface area contributed by atoms with Crippen molar-refractivity contribution in [1.82, 2.24) is 4.90 Å². The van der Waals surface area contributed by atoms with Gasteiger partial charge in [-0.25, -0.2) is 0 Å². The lowest BCUT2D eigenvalue weighted by Gasteiger charge is -2.26. The maximum Gasteiger partial charge on any atom is 0.222 e. The van der Waals surface area contributed by atoms with Crippen molar-refractivity contribution in [2.75, 3.05) is 19.7 Å². The zero-order valence-corrected chi connectivity index (χ0v) is 7.29. The van der Waals surface area contributed by atoms with Crippen LogP contribution >= 0.6 is 0 Å². The van der Waals surface area contributed by atoms with Crippen molar-refractivity contribution in [1.29, 1.82) is 0 Å². The van der Waals surface area contributed by atoms with Crippen LogP contribution in [0.3, 0.4) is 0 Å². The predicted octanol–water partition coefficient (Wildman–Crippen LogP) is -0.648. The van der Waals surface area contributed by atoms with Gasteiger partial charge in [0, 0.05) is 13.0 Å². The zero-order chi connectivity index (χ0) is 9.19. The maximum absolute atomic E-state index is 11.1. The molecule has 0 aromatic heterocycles. The molecule has 70 valence electrons. The number of carbonyl (C=O) groups excluding carboxylic acids is 1. The fraction of sp³-hybridized carbons (Fsp3) is 0.875. The minimum Gasteiger partial charge on any atom is -0.393 e. The van der Waals surface area contributed by atoms with Crippen molar-refractivity contribution in [3.8, 4) is 0 Å². The van der Waals surface area contributed by atoms with E-state index in [1.807, 2.05) is 0 Å². The van der Waals surface area contributed by atoms with Gasteiger partial charge in [-0.1, -0.05) is 0 Å². The number of β-amino-alcohol motifs (C(OH)–C–C–N with tert-alkyl or cyclic N) is 1. The van der Waals surface area contributed by atoms with Crippen LogP contribution in [-0.4, -0.2) is 46.3 Å². The molecule has 0 aliphatic carbocycles. The van der Waals surface area contributed by atoms with Crippen LogP contribution in [-0.2, 0) is 4.79 Å². The molecule has 1 heterocycles. The largest absolute Gasteiger partial charge is 0.393 e. The molecule has 0 aromatic rings. The summed E-state index contributed by atoms with van der Waals surface area (Å²) in [5.74, 6) is 0.0729. The first-order chi connectivity index (χ1) is 5.55. The number of hydrogen-bond donors (Lipinski definition) is 2. The van der Waals surface area contributed by atoms with Crippen molar-refractivity contribution in [3.63, 3.8) is 0 Å². The van der Waals surface area contributed by atoms with E-state index in [4.69, 9.17) is 5.11 Å². The van der Waals surface area contributed by atoms with Crippen LogP contribution in [0.4, 0.5) is 0 Å². The number of amides is 1. The van der Waals surface area contributed by atoms with Crippen LogP contribution in [0.1, 0.15) is 19.8 Å². The minimum absolute atomic E-state index is 0.0729. The minimum atomic E-state index is -1.15. The van der Waals surface area contributed by atoms with E-state index in [-0.39, 0.29) is 19.1 Å². The molecule has 1 saturated heterocycles. The summed E-state index contributed by atoms with van der Waals surface area (Å²) >= 11 is 0. The second kappa shape index (κ2) is 3.41. The Morgan fingerprint density at radius 1 is 1.67 bits per heavy atom. The lowest BCUT2D eigenvalue weighted by molar-refractivity contribution is -0.131. The van der Waals surface area contributed by atoms with E-state index in [9.17, 15) is 9.90 Å². The summed E-state index contributed by atoms with van der Waals surface area (Å²) in [6, 6.07) is 0. The molecule has 1 unspecified atom stereocenters. The van der Waals surface area contributed by atoms with Crippen molar-refractivity contribution in [3.05, 3.63) is 0 Å². The number of likely N-dealkylation sites (tertiary alicyclic amines) is 1. The first kappa shape index (κ1) is 9.48. The van der Waals surface area contributed by atoms with Crippen molar-refractivity contribution in [2.45, 2.75) is 25.4 Å². The summed E-state index contributed by atoms with van der Waals surface area (Å²) in [5, 5.41) is 18.2. The Kier molecular flexibility index (Phi) is 2.69. The van der Waals surface area contributed by atoms with Gasteiger partial charge in [-0.2, -0.15) is 0 Å².